The van der Waals surface area contributed by atoms with Crippen LogP contribution < -0.4 is 5.32 Å². The molecule has 1 atom stereocenters. The Kier molecular flexibility index (Phi) is 11.4. The molecule has 0 fully saturated rings. The molecule has 0 aliphatic rings. The van der Waals surface area contributed by atoms with Crippen molar-refractivity contribution in [1.29, 1.82) is 0 Å². The van der Waals surface area contributed by atoms with Crippen molar-refractivity contribution >= 4 is 46.8 Å². The van der Waals surface area contributed by atoms with E-state index in [0.29, 0.717) is 28.9 Å². The van der Waals surface area contributed by atoms with E-state index < -0.39 is 6.04 Å². The molecule has 0 unspecified atom stereocenters. The highest BCUT2D eigenvalue weighted by Gasteiger charge is 2.30. The van der Waals surface area contributed by atoms with Crippen LogP contribution in [-0.2, 0) is 28.3 Å². The quantitative estimate of drug-likeness (QED) is 0.262. The van der Waals surface area contributed by atoms with Gasteiger partial charge >= 0.3 is 0 Å². The van der Waals surface area contributed by atoms with Gasteiger partial charge in [0.05, 0.1) is 15.8 Å². The molecule has 3 aromatic rings. The van der Waals surface area contributed by atoms with Gasteiger partial charge in [0.15, 0.2) is 0 Å². The first-order valence-electron chi connectivity index (χ1n) is 12.4. The number of rotatable bonds is 12. The lowest BCUT2D eigenvalue weighted by atomic mass is 10.0. The van der Waals surface area contributed by atoms with Gasteiger partial charge in [0.1, 0.15) is 6.04 Å². The van der Waals surface area contributed by atoms with Gasteiger partial charge < -0.3 is 10.2 Å². The Bertz CT molecular complexity index is 1190. The van der Waals surface area contributed by atoms with Crippen LogP contribution in [0.3, 0.4) is 0 Å². The first-order valence-corrected chi connectivity index (χ1v) is 14.3. The second kappa shape index (κ2) is 14.5. The minimum absolute atomic E-state index is 0.0932. The number of thioether (sulfide) groups is 1. The first-order chi connectivity index (χ1) is 17.7. The molecule has 196 valence electrons. The van der Waals surface area contributed by atoms with Crippen molar-refractivity contribution in [2.24, 2.45) is 5.92 Å². The fourth-order valence-corrected chi connectivity index (χ4v) is 5.13. The summed E-state index contributed by atoms with van der Waals surface area (Å²) in [6.45, 7) is 6.96. The zero-order valence-corrected chi connectivity index (χ0v) is 23.9. The number of aryl methyl sites for hydroxylation is 1. The standard InChI is InChI=1S/C30H34Cl2N2O2S/c1-21(2)17-33-30(36)28(16-23-9-5-4-6-10-23)34(18-24-12-13-26(31)27(32)15-24)29(35)20-37-19-25-11-7-8-22(3)14-25/h4-15,21,28H,16-20H2,1-3H3,(H,33,36)/t28-/m0/s1. The molecule has 0 spiro atoms. The number of halogens is 2. The number of hydrogen-bond donors (Lipinski definition) is 1. The maximum atomic E-state index is 13.7. The molecule has 3 aromatic carbocycles. The molecule has 3 rings (SSSR count). The van der Waals surface area contributed by atoms with E-state index in [2.05, 4.69) is 30.4 Å². The molecule has 0 radical (unpaired) electrons. The Morgan fingerprint density at radius 2 is 1.62 bits per heavy atom. The van der Waals surface area contributed by atoms with Crippen LogP contribution in [0.4, 0.5) is 0 Å². The number of carbonyl (C=O) groups excluding carboxylic acids is 2. The van der Waals surface area contributed by atoms with Gasteiger partial charge in [-0.05, 0) is 41.7 Å². The lowest BCUT2D eigenvalue weighted by Gasteiger charge is -2.32. The summed E-state index contributed by atoms with van der Waals surface area (Å²) in [5.74, 6) is 1.03. The van der Waals surface area contributed by atoms with E-state index >= 15 is 0 Å². The maximum absolute atomic E-state index is 13.7. The van der Waals surface area contributed by atoms with Crippen LogP contribution in [-0.4, -0.2) is 35.1 Å². The second-order valence-electron chi connectivity index (χ2n) is 9.60. The zero-order valence-electron chi connectivity index (χ0n) is 21.5. The molecule has 4 nitrogen and oxygen atoms in total. The third kappa shape index (κ3) is 9.41. The highest BCUT2D eigenvalue weighted by molar-refractivity contribution is 7.99. The highest BCUT2D eigenvalue weighted by atomic mass is 35.5. The average molecular weight is 558 g/mol. The predicted molar refractivity (Wildman–Crippen MR) is 156 cm³/mol. The number of nitrogens with one attached hydrogen (secondary N) is 1. The lowest BCUT2D eigenvalue weighted by Crippen LogP contribution is -2.51. The number of carbonyl (C=O) groups is 2. The predicted octanol–water partition coefficient (Wildman–Crippen LogP) is 6.95. The molecule has 1 N–H and O–H groups in total. The van der Waals surface area contributed by atoms with Crippen molar-refractivity contribution in [2.45, 2.75) is 45.5 Å². The average Bonchev–Trinajstić information content (AvgIpc) is 2.87. The van der Waals surface area contributed by atoms with E-state index in [1.165, 1.54) is 11.1 Å². The number of nitrogens with zero attached hydrogens (tertiary/aromatic N) is 1. The van der Waals surface area contributed by atoms with Gasteiger partial charge in [0.25, 0.3) is 0 Å². The van der Waals surface area contributed by atoms with Crippen LogP contribution in [0.15, 0.2) is 72.8 Å². The molecule has 0 heterocycles. The third-order valence-electron chi connectivity index (χ3n) is 5.87. The van der Waals surface area contributed by atoms with Gasteiger partial charge in [0.2, 0.25) is 11.8 Å². The van der Waals surface area contributed by atoms with Crippen LogP contribution in [0.2, 0.25) is 10.0 Å². The summed E-state index contributed by atoms with van der Waals surface area (Å²) in [5.41, 5.74) is 4.17. The summed E-state index contributed by atoms with van der Waals surface area (Å²) in [5, 5.41) is 3.92. The summed E-state index contributed by atoms with van der Waals surface area (Å²) in [7, 11) is 0. The summed E-state index contributed by atoms with van der Waals surface area (Å²) in [6, 6.07) is 22.7. The largest absolute Gasteiger partial charge is 0.354 e. The molecular formula is C30H34Cl2N2O2S. The van der Waals surface area contributed by atoms with Gasteiger partial charge in [-0.1, -0.05) is 103 Å². The van der Waals surface area contributed by atoms with Gasteiger partial charge in [-0.3, -0.25) is 9.59 Å². The van der Waals surface area contributed by atoms with Crippen molar-refractivity contribution in [2.75, 3.05) is 12.3 Å². The summed E-state index contributed by atoms with van der Waals surface area (Å²) in [4.78, 5) is 28.9. The Balaban J connectivity index is 1.86. The van der Waals surface area contributed by atoms with Gasteiger partial charge in [-0.25, -0.2) is 0 Å². The minimum Gasteiger partial charge on any atom is -0.354 e. The van der Waals surface area contributed by atoms with Crippen molar-refractivity contribution in [1.82, 2.24) is 10.2 Å². The number of benzene rings is 3. The summed E-state index contributed by atoms with van der Waals surface area (Å²) < 4.78 is 0. The van der Waals surface area contributed by atoms with Crippen molar-refractivity contribution in [3.05, 3.63) is 105 Å². The van der Waals surface area contributed by atoms with E-state index in [-0.39, 0.29) is 24.1 Å². The fraction of sp³-hybridized carbons (Fsp3) is 0.333. The van der Waals surface area contributed by atoms with E-state index in [4.69, 9.17) is 23.2 Å². The molecule has 0 bridgehead atoms. The van der Waals surface area contributed by atoms with Crippen molar-refractivity contribution in [3.63, 3.8) is 0 Å². The van der Waals surface area contributed by atoms with E-state index in [0.717, 1.165) is 16.9 Å². The summed E-state index contributed by atoms with van der Waals surface area (Å²) >= 11 is 14.0. The molecule has 0 aliphatic carbocycles. The molecular weight excluding hydrogens is 523 g/mol. The van der Waals surface area contributed by atoms with Gasteiger partial charge in [-0.15, -0.1) is 11.8 Å². The topological polar surface area (TPSA) is 49.4 Å². The van der Waals surface area contributed by atoms with Crippen LogP contribution in [0.5, 0.6) is 0 Å². The Hall–Kier alpha value is -2.47. The third-order valence-corrected chi connectivity index (χ3v) is 7.60. The second-order valence-corrected chi connectivity index (χ2v) is 11.4. The molecule has 7 heteroatoms. The van der Waals surface area contributed by atoms with E-state index in [1.54, 1.807) is 28.8 Å². The Morgan fingerprint density at radius 1 is 0.892 bits per heavy atom. The lowest BCUT2D eigenvalue weighted by molar-refractivity contribution is -0.139. The smallest absolute Gasteiger partial charge is 0.243 e. The molecule has 0 aliphatic heterocycles. The zero-order chi connectivity index (χ0) is 26.8. The van der Waals surface area contributed by atoms with Crippen molar-refractivity contribution in [3.8, 4) is 0 Å². The fourth-order valence-electron chi connectivity index (χ4n) is 3.95. The van der Waals surface area contributed by atoms with Crippen LogP contribution in [0.1, 0.15) is 36.1 Å². The molecule has 2 amide bonds. The van der Waals surface area contributed by atoms with E-state index in [1.807, 2.05) is 56.3 Å². The SMILES string of the molecule is Cc1cccc(CSCC(=O)N(Cc2ccc(Cl)c(Cl)c2)[C@@H](Cc2ccccc2)C(=O)NCC(C)C)c1. The molecule has 0 saturated heterocycles. The number of amides is 2. The number of hydrogen-bond acceptors (Lipinski definition) is 3. The van der Waals surface area contributed by atoms with Crippen molar-refractivity contribution < 1.29 is 9.59 Å². The first kappa shape index (κ1) is 29.1. The van der Waals surface area contributed by atoms with Crippen LogP contribution in [0, 0.1) is 12.8 Å². The highest BCUT2D eigenvalue weighted by Crippen LogP contribution is 2.25. The van der Waals surface area contributed by atoms with Crippen LogP contribution in [0.25, 0.3) is 0 Å². The maximum Gasteiger partial charge on any atom is 0.243 e. The van der Waals surface area contributed by atoms with Crippen LogP contribution >= 0.6 is 35.0 Å². The van der Waals surface area contributed by atoms with Gasteiger partial charge in [-0.2, -0.15) is 0 Å². The normalized spacial score (nSPS) is 11.8. The van der Waals surface area contributed by atoms with E-state index in [9.17, 15) is 9.59 Å². The molecule has 37 heavy (non-hydrogen) atoms. The molecule has 0 saturated carbocycles. The van der Waals surface area contributed by atoms with Gasteiger partial charge in [0, 0.05) is 25.3 Å². The monoisotopic (exact) mass is 556 g/mol. The minimum atomic E-state index is -0.664. The Morgan fingerprint density at radius 3 is 2.30 bits per heavy atom. The summed E-state index contributed by atoms with van der Waals surface area (Å²) in [6.07, 6.45) is 0.417. The molecule has 0 aromatic heterocycles. The Labute approximate surface area is 234 Å².